The Morgan fingerprint density at radius 1 is 1.36 bits per heavy atom. The first-order chi connectivity index (χ1) is 10.4. The number of sulfone groups is 1. The maximum absolute atomic E-state index is 12.2. The first kappa shape index (κ1) is 17.1. The first-order valence-corrected chi connectivity index (χ1v) is 9.43. The van der Waals surface area contributed by atoms with Gasteiger partial charge in [-0.3, -0.25) is 0 Å². The van der Waals surface area contributed by atoms with Gasteiger partial charge in [-0.15, -0.1) is 0 Å². The molecule has 0 radical (unpaired) electrons. The summed E-state index contributed by atoms with van der Waals surface area (Å²) in [6.07, 6.45) is 0.589. The van der Waals surface area contributed by atoms with E-state index in [4.69, 9.17) is 4.52 Å². The molecule has 0 aliphatic heterocycles. The molecule has 0 saturated heterocycles. The van der Waals surface area contributed by atoms with Crippen LogP contribution in [0.5, 0.6) is 0 Å². The van der Waals surface area contributed by atoms with Crippen LogP contribution in [0, 0.1) is 0 Å². The highest BCUT2D eigenvalue weighted by molar-refractivity contribution is 9.10. The predicted octanol–water partition coefficient (Wildman–Crippen LogP) is 2.10. The van der Waals surface area contributed by atoms with Gasteiger partial charge < -0.3 is 9.84 Å². The molecule has 0 aliphatic rings. The molecule has 1 heterocycles. The predicted molar refractivity (Wildman–Crippen MR) is 87.0 cm³/mol. The highest BCUT2D eigenvalue weighted by Gasteiger charge is 2.18. The van der Waals surface area contributed by atoms with Gasteiger partial charge in [-0.05, 0) is 31.7 Å². The zero-order valence-electron chi connectivity index (χ0n) is 12.4. The molecule has 0 amide bonds. The third-order valence-electron chi connectivity index (χ3n) is 3.11. The molecule has 0 saturated carbocycles. The van der Waals surface area contributed by atoms with Crippen LogP contribution in [0.4, 0.5) is 0 Å². The number of hydrogen-bond donors (Lipinski definition) is 1. The summed E-state index contributed by atoms with van der Waals surface area (Å²) in [5.41, 5.74) is 0.720. The van der Waals surface area contributed by atoms with Gasteiger partial charge in [0.25, 0.3) is 0 Å². The fourth-order valence-corrected chi connectivity index (χ4v) is 3.66. The average molecular weight is 388 g/mol. The Labute approximate surface area is 138 Å². The smallest absolute Gasteiger partial charge is 0.241 e. The molecule has 1 aromatic carbocycles. The van der Waals surface area contributed by atoms with Crippen molar-refractivity contribution in [2.75, 3.05) is 7.05 Å². The third kappa shape index (κ3) is 5.19. The Balaban J connectivity index is 2.03. The van der Waals surface area contributed by atoms with Gasteiger partial charge in [0.1, 0.15) is 5.75 Å². The standard InChI is InChI=1S/C14H18BrN3O3S/c1-10(16-2)6-13-17-14(21-18-13)9-22(19,20)8-11-4-3-5-12(15)7-11/h3-5,7,10,16H,6,8-9H2,1-2H3. The largest absolute Gasteiger partial charge is 0.338 e. The molecule has 8 heteroatoms. The highest BCUT2D eigenvalue weighted by Crippen LogP contribution is 2.16. The second-order valence-corrected chi connectivity index (χ2v) is 8.14. The molecule has 120 valence electrons. The first-order valence-electron chi connectivity index (χ1n) is 6.81. The number of aromatic nitrogens is 2. The van der Waals surface area contributed by atoms with Crippen LogP contribution < -0.4 is 5.32 Å². The molecular formula is C14H18BrN3O3S. The fraction of sp³-hybridized carbons (Fsp3) is 0.429. The van der Waals surface area contributed by atoms with E-state index in [1.54, 1.807) is 18.2 Å². The van der Waals surface area contributed by atoms with E-state index < -0.39 is 9.84 Å². The van der Waals surface area contributed by atoms with Crippen LogP contribution in [0.2, 0.25) is 0 Å². The lowest BCUT2D eigenvalue weighted by Gasteiger charge is -2.04. The number of benzene rings is 1. The van der Waals surface area contributed by atoms with E-state index in [0.29, 0.717) is 12.2 Å². The van der Waals surface area contributed by atoms with E-state index >= 15 is 0 Å². The van der Waals surface area contributed by atoms with Crippen LogP contribution in [0.3, 0.4) is 0 Å². The van der Waals surface area contributed by atoms with Crippen molar-refractivity contribution in [3.63, 3.8) is 0 Å². The van der Waals surface area contributed by atoms with E-state index in [0.717, 1.165) is 10.0 Å². The van der Waals surface area contributed by atoms with Gasteiger partial charge in [-0.1, -0.05) is 33.2 Å². The van der Waals surface area contributed by atoms with Crippen LogP contribution in [-0.4, -0.2) is 31.6 Å². The van der Waals surface area contributed by atoms with E-state index in [-0.39, 0.29) is 23.4 Å². The maximum atomic E-state index is 12.2. The minimum atomic E-state index is -3.36. The molecule has 1 unspecified atom stereocenters. The Morgan fingerprint density at radius 2 is 2.14 bits per heavy atom. The van der Waals surface area contributed by atoms with Gasteiger partial charge >= 0.3 is 0 Å². The van der Waals surface area contributed by atoms with Gasteiger partial charge in [0, 0.05) is 16.9 Å². The lowest BCUT2D eigenvalue weighted by molar-refractivity contribution is 0.380. The van der Waals surface area contributed by atoms with Crippen molar-refractivity contribution < 1.29 is 12.9 Å². The van der Waals surface area contributed by atoms with E-state index in [9.17, 15) is 8.42 Å². The second-order valence-electron chi connectivity index (χ2n) is 5.16. The number of likely N-dealkylation sites (N-methyl/N-ethyl adjacent to an activating group) is 1. The van der Waals surface area contributed by atoms with E-state index in [1.807, 2.05) is 20.0 Å². The van der Waals surface area contributed by atoms with Gasteiger partial charge in [0.15, 0.2) is 15.7 Å². The lowest BCUT2D eigenvalue weighted by Crippen LogP contribution is -2.24. The molecule has 0 spiro atoms. The summed E-state index contributed by atoms with van der Waals surface area (Å²) in [5.74, 6) is 0.333. The maximum Gasteiger partial charge on any atom is 0.241 e. The average Bonchev–Trinajstić information content (AvgIpc) is 2.84. The van der Waals surface area contributed by atoms with Crippen molar-refractivity contribution in [2.45, 2.75) is 30.9 Å². The molecule has 0 bridgehead atoms. The summed E-state index contributed by atoms with van der Waals surface area (Å²) >= 11 is 3.33. The minimum absolute atomic E-state index is 0.0585. The van der Waals surface area contributed by atoms with Crippen molar-refractivity contribution in [3.05, 3.63) is 46.0 Å². The normalized spacial score (nSPS) is 13.2. The van der Waals surface area contributed by atoms with Gasteiger partial charge in [-0.25, -0.2) is 8.42 Å². The summed E-state index contributed by atoms with van der Waals surface area (Å²) in [5, 5.41) is 6.88. The van der Waals surface area contributed by atoms with Crippen molar-refractivity contribution in [2.24, 2.45) is 0 Å². The summed E-state index contributed by atoms with van der Waals surface area (Å²) < 4.78 is 30.3. The zero-order valence-corrected chi connectivity index (χ0v) is 14.8. The molecule has 6 nitrogen and oxygen atoms in total. The number of halogens is 1. The van der Waals surface area contributed by atoms with E-state index in [2.05, 4.69) is 31.4 Å². The summed E-state index contributed by atoms with van der Waals surface area (Å²) in [6.45, 7) is 1.99. The van der Waals surface area contributed by atoms with Crippen molar-refractivity contribution in [1.29, 1.82) is 0 Å². The molecule has 0 fully saturated rings. The molecule has 0 aliphatic carbocycles. The number of rotatable bonds is 7. The van der Waals surface area contributed by atoms with Crippen LogP contribution in [0.15, 0.2) is 33.3 Å². The van der Waals surface area contributed by atoms with Crippen LogP contribution in [0.1, 0.15) is 24.2 Å². The monoisotopic (exact) mass is 387 g/mol. The molecule has 1 N–H and O–H groups in total. The highest BCUT2D eigenvalue weighted by atomic mass is 79.9. The molecule has 1 atom stereocenters. The van der Waals surface area contributed by atoms with Gasteiger partial charge in [0.05, 0.1) is 5.75 Å². The summed E-state index contributed by atoms with van der Waals surface area (Å²) in [6, 6.07) is 7.41. The molecule has 1 aromatic heterocycles. The number of nitrogens with one attached hydrogen (secondary N) is 1. The molecule has 22 heavy (non-hydrogen) atoms. The Kier molecular flexibility index (Phi) is 5.71. The third-order valence-corrected chi connectivity index (χ3v) is 5.06. The van der Waals surface area contributed by atoms with Crippen LogP contribution >= 0.6 is 15.9 Å². The Bertz CT molecular complexity index is 730. The van der Waals surface area contributed by atoms with Crippen LogP contribution in [-0.2, 0) is 27.8 Å². The SMILES string of the molecule is CNC(C)Cc1noc(CS(=O)(=O)Cc2cccc(Br)c2)n1. The second kappa shape index (κ2) is 7.34. The summed E-state index contributed by atoms with van der Waals surface area (Å²) in [7, 11) is -1.52. The topological polar surface area (TPSA) is 85.1 Å². The van der Waals surface area contributed by atoms with E-state index in [1.165, 1.54) is 0 Å². The Hall–Kier alpha value is -1.25. The molecular weight excluding hydrogens is 370 g/mol. The van der Waals surface area contributed by atoms with Crippen molar-refractivity contribution in [3.8, 4) is 0 Å². The number of nitrogens with zero attached hydrogens (tertiary/aromatic N) is 2. The minimum Gasteiger partial charge on any atom is -0.338 e. The zero-order chi connectivity index (χ0) is 16.2. The van der Waals surface area contributed by atoms with Gasteiger partial charge in [0.2, 0.25) is 5.89 Å². The fourth-order valence-electron chi connectivity index (χ4n) is 1.93. The quantitative estimate of drug-likeness (QED) is 0.782. The molecule has 2 rings (SSSR count). The van der Waals surface area contributed by atoms with Crippen molar-refractivity contribution in [1.82, 2.24) is 15.5 Å². The summed E-state index contributed by atoms with van der Waals surface area (Å²) in [4.78, 5) is 4.14. The van der Waals surface area contributed by atoms with Gasteiger partial charge in [-0.2, -0.15) is 4.98 Å². The van der Waals surface area contributed by atoms with Crippen molar-refractivity contribution >= 4 is 25.8 Å². The number of hydrogen-bond acceptors (Lipinski definition) is 6. The lowest BCUT2D eigenvalue weighted by atomic mass is 10.2. The van der Waals surface area contributed by atoms with Crippen LogP contribution in [0.25, 0.3) is 0 Å². The molecule has 2 aromatic rings. The Morgan fingerprint density at radius 3 is 2.82 bits per heavy atom.